The molecule has 1 aliphatic heterocycles. The first-order valence-electron chi connectivity index (χ1n) is 6.60. The van der Waals surface area contributed by atoms with Crippen molar-refractivity contribution in [2.24, 2.45) is 17.8 Å². The highest BCUT2D eigenvalue weighted by Gasteiger charge is 2.29. The Morgan fingerprint density at radius 3 is 2.74 bits per heavy atom. The predicted molar refractivity (Wildman–Crippen MR) is 78.5 cm³/mol. The predicted octanol–water partition coefficient (Wildman–Crippen LogP) is 1.75. The number of aromatic nitrogens is 2. The summed E-state index contributed by atoms with van der Waals surface area (Å²) in [5, 5.41) is 6.12. The molecular formula is C13H23ClN4O. The summed E-state index contributed by atoms with van der Waals surface area (Å²) in [7, 11) is 0. The van der Waals surface area contributed by atoms with Crippen LogP contribution in [0, 0.1) is 17.8 Å². The largest absolute Gasteiger partial charge is 0.317 e. The number of nitrogens with one attached hydrogen (secondary N) is 2. The van der Waals surface area contributed by atoms with Crippen LogP contribution in [-0.4, -0.2) is 28.5 Å². The maximum absolute atomic E-state index is 12.1. The molecule has 19 heavy (non-hydrogen) atoms. The lowest BCUT2D eigenvalue weighted by Crippen LogP contribution is -2.48. The number of amides is 1. The Morgan fingerprint density at radius 1 is 1.53 bits per heavy atom. The topological polar surface area (TPSA) is 59.0 Å². The molecule has 1 unspecified atom stereocenters. The first-order valence-corrected chi connectivity index (χ1v) is 6.60. The molecule has 1 fully saturated rings. The van der Waals surface area contributed by atoms with Crippen molar-refractivity contribution in [3.05, 3.63) is 12.4 Å². The summed E-state index contributed by atoms with van der Waals surface area (Å²) in [4.78, 5) is 16.3. The molecule has 0 bridgehead atoms. The van der Waals surface area contributed by atoms with Gasteiger partial charge in [0.05, 0.1) is 0 Å². The lowest BCUT2D eigenvalue weighted by Gasteiger charge is -2.31. The van der Waals surface area contributed by atoms with Crippen molar-refractivity contribution in [1.29, 1.82) is 0 Å². The molecule has 0 spiro atoms. The van der Waals surface area contributed by atoms with Crippen LogP contribution in [-0.2, 0) is 11.3 Å². The van der Waals surface area contributed by atoms with E-state index in [1.54, 1.807) is 6.20 Å². The Labute approximate surface area is 120 Å². The first kappa shape index (κ1) is 16.0. The average molecular weight is 287 g/mol. The van der Waals surface area contributed by atoms with Crippen molar-refractivity contribution >= 4 is 24.3 Å². The highest BCUT2D eigenvalue weighted by atomic mass is 35.5. The van der Waals surface area contributed by atoms with Crippen molar-refractivity contribution in [3.63, 3.8) is 0 Å². The molecule has 1 amide bonds. The van der Waals surface area contributed by atoms with Crippen LogP contribution >= 0.6 is 12.4 Å². The van der Waals surface area contributed by atoms with Gasteiger partial charge in [-0.25, -0.2) is 4.98 Å². The highest BCUT2D eigenvalue weighted by Crippen LogP contribution is 2.18. The number of hydrogen-bond acceptors (Lipinski definition) is 3. The van der Waals surface area contributed by atoms with Crippen molar-refractivity contribution in [2.45, 2.75) is 27.3 Å². The Hall–Kier alpha value is -1.07. The van der Waals surface area contributed by atoms with E-state index >= 15 is 0 Å². The van der Waals surface area contributed by atoms with E-state index in [4.69, 9.17) is 0 Å². The molecule has 0 aromatic carbocycles. The van der Waals surface area contributed by atoms with Crippen molar-refractivity contribution < 1.29 is 4.79 Å². The average Bonchev–Trinajstić information content (AvgIpc) is 2.62. The van der Waals surface area contributed by atoms with Crippen LogP contribution in [0.3, 0.4) is 0 Å². The number of nitrogens with zero attached hydrogens (tertiary/aromatic N) is 2. The van der Waals surface area contributed by atoms with Gasteiger partial charge in [0.2, 0.25) is 11.9 Å². The van der Waals surface area contributed by atoms with E-state index < -0.39 is 0 Å². The number of rotatable bonds is 5. The number of carbonyl (C=O) groups excluding carboxylic acids is 1. The van der Waals surface area contributed by atoms with E-state index in [0.29, 0.717) is 17.8 Å². The summed E-state index contributed by atoms with van der Waals surface area (Å²) in [6.45, 7) is 9.03. The summed E-state index contributed by atoms with van der Waals surface area (Å²) < 4.78 is 1.99. The monoisotopic (exact) mass is 286 g/mol. The molecule has 2 N–H and O–H groups in total. The second-order valence-corrected chi connectivity index (χ2v) is 5.49. The van der Waals surface area contributed by atoms with E-state index in [-0.39, 0.29) is 24.2 Å². The molecule has 2 rings (SSSR count). The smallest absolute Gasteiger partial charge is 0.229 e. The molecule has 1 aliphatic rings. The van der Waals surface area contributed by atoms with Gasteiger partial charge in [-0.05, 0) is 24.9 Å². The molecule has 1 aromatic heterocycles. The summed E-state index contributed by atoms with van der Waals surface area (Å²) in [6, 6.07) is 0. The Morgan fingerprint density at radius 2 is 2.21 bits per heavy atom. The maximum Gasteiger partial charge on any atom is 0.229 e. The van der Waals surface area contributed by atoms with Crippen LogP contribution in [0.2, 0.25) is 0 Å². The second-order valence-electron chi connectivity index (χ2n) is 5.49. The highest BCUT2D eigenvalue weighted by molar-refractivity contribution is 5.91. The molecule has 0 aliphatic carbocycles. The van der Waals surface area contributed by atoms with Crippen LogP contribution in [0.15, 0.2) is 12.4 Å². The molecule has 6 heteroatoms. The van der Waals surface area contributed by atoms with Crippen LogP contribution in [0.25, 0.3) is 0 Å². The van der Waals surface area contributed by atoms with Gasteiger partial charge in [-0.2, -0.15) is 0 Å². The summed E-state index contributed by atoms with van der Waals surface area (Å²) >= 11 is 0. The van der Waals surface area contributed by atoms with Crippen molar-refractivity contribution in [3.8, 4) is 0 Å². The zero-order valence-electron chi connectivity index (χ0n) is 11.7. The van der Waals surface area contributed by atoms with Gasteiger partial charge in [0.15, 0.2) is 0 Å². The maximum atomic E-state index is 12.1. The fourth-order valence-electron chi connectivity index (χ4n) is 2.08. The summed E-state index contributed by atoms with van der Waals surface area (Å²) in [6.07, 6.45) is 3.64. The van der Waals surface area contributed by atoms with Crippen molar-refractivity contribution in [1.82, 2.24) is 14.9 Å². The molecule has 1 atom stereocenters. The van der Waals surface area contributed by atoms with Crippen LogP contribution < -0.4 is 10.6 Å². The Kier molecular flexibility index (Phi) is 5.82. The van der Waals surface area contributed by atoms with E-state index in [1.165, 1.54) is 0 Å². The number of hydrogen-bond donors (Lipinski definition) is 2. The third-order valence-corrected chi connectivity index (χ3v) is 3.45. The van der Waals surface area contributed by atoms with Crippen LogP contribution in [0.4, 0.5) is 5.95 Å². The van der Waals surface area contributed by atoms with Gasteiger partial charge >= 0.3 is 0 Å². The second kappa shape index (κ2) is 6.91. The van der Waals surface area contributed by atoms with Gasteiger partial charge in [0, 0.05) is 24.9 Å². The fourth-order valence-corrected chi connectivity index (χ4v) is 2.08. The zero-order chi connectivity index (χ0) is 13.1. The minimum atomic E-state index is 0. The molecular weight excluding hydrogens is 264 g/mol. The van der Waals surface area contributed by atoms with E-state index in [9.17, 15) is 4.79 Å². The third kappa shape index (κ3) is 3.94. The third-order valence-electron chi connectivity index (χ3n) is 3.45. The Bertz CT molecular complexity index is 415. The van der Waals surface area contributed by atoms with E-state index in [0.717, 1.165) is 19.6 Å². The van der Waals surface area contributed by atoms with Gasteiger partial charge < -0.3 is 9.88 Å². The molecule has 0 radical (unpaired) electrons. The molecule has 0 saturated carbocycles. The standard InChI is InChI=1S/C13H22N4O.ClH/c1-9(2)8-17-5-4-15-13(17)16-12(18)10(3)11-6-14-7-11;/h4-5,9-11,14H,6-8H2,1-3H3,(H,15,16,18);1H. The number of carbonyl (C=O) groups is 1. The SMILES string of the molecule is CC(C)Cn1ccnc1NC(=O)C(C)C1CNC1.Cl. The first-order chi connectivity index (χ1) is 8.58. The molecule has 5 nitrogen and oxygen atoms in total. The zero-order valence-corrected chi connectivity index (χ0v) is 12.5. The molecule has 1 aromatic rings. The molecule has 2 heterocycles. The quantitative estimate of drug-likeness (QED) is 0.867. The van der Waals surface area contributed by atoms with Gasteiger partial charge in [-0.15, -0.1) is 12.4 Å². The number of anilines is 1. The van der Waals surface area contributed by atoms with Gasteiger partial charge in [-0.1, -0.05) is 20.8 Å². The summed E-state index contributed by atoms with van der Waals surface area (Å²) in [5.41, 5.74) is 0. The molecule has 108 valence electrons. The van der Waals surface area contributed by atoms with Crippen molar-refractivity contribution in [2.75, 3.05) is 18.4 Å². The Balaban J connectivity index is 0.00000180. The van der Waals surface area contributed by atoms with E-state index in [1.807, 2.05) is 17.7 Å². The van der Waals surface area contributed by atoms with E-state index in [2.05, 4.69) is 29.5 Å². The minimum absolute atomic E-state index is 0. The lowest BCUT2D eigenvalue weighted by molar-refractivity contribution is -0.121. The lowest BCUT2D eigenvalue weighted by atomic mass is 9.88. The normalized spacial score (nSPS) is 16.6. The number of halogens is 1. The van der Waals surface area contributed by atoms with Crippen LogP contribution in [0.5, 0.6) is 0 Å². The minimum Gasteiger partial charge on any atom is -0.317 e. The fraction of sp³-hybridized carbons (Fsp3) is 0.692. The molecule has 1 saturated heterocycles. The summed E-state index contributed by atoms with van der Waals surface area (Å²) in [5.74, 6) is 1.75. The number of imidazole rings is 1. The van der Waals surface area contributed by atoms with Gasteiger partial charge in [0.1, 0.15) is 0 Å². The van der Waals surface area contributed by atoms with Gasteiger partial charge in [-0.3, -0.25) is 10.1 Å². The van der Waals surface area contributed by atoms with Crippen LogP contribution in [0.1, 0.15) is 20.8 Å². The van der Waals surface area contributed by atoms with Gasteiger partial charge in [0.25, 0.3) is 0 Å².